The van der Waals surface area contributed by atoms with E-state index in [0.717, 1.165) is 23.8 Å². The third kappa shape index (κ3) is 11.4. The Morgan fingerprint density at radius 3 is 2.55 bits per heavy atom. The topological polar surface area (TPSA) is 237 Å². The van der Waals surface area contributed by atoms with Crippen LogP contribution in [0.15, 0.2) is 78.8 Å². The van der Waals surface area contributed by atoms with Crippen LogP contribution in [0.4, 0.5) is 19.4 Å². The van der Waals surface area contributed by atoms with Crippen LogP contribution in [0.5, 0.6) is 0 Å². The van der Waals surface area contributed by atoms with E-state index in [0.29, 0.717) is 21.8 Å². The summed E-state index contributed by atoms with van der Waals surface area (Å²) >= 11 is 1.25. The van der Waals surface area contributed by atoms with Crippen molar-refractivity contribution in [2.24, 2.45) is 0 Å². The number of aromatic nitrogens is 5. The minimum absolute atomic E-state index is 0.0229. The maximum absolute atomic E-state index is 15.3. The Morgan fingerprint density at radius 2 is 1.89 bits per heavy atom. The number of hydrogen-bond acceptors (Lipinski definition) is 14. The van der Waals surface area contributed by atoms with Gasteiger partial charge in [0.2, 0.25) is 23.0 Å². The number of carbonyl (C=O) groups excluding carboxylic acids is 2. The molecule has 0 saturated heterocycles. The summed E-state index contributed by atoms with van der Waals surface area (Å²) < 4.78 is 76.4. The van der Waals surface area contributed by atoms with Crippen LogP contribution in [-0.4, -0.2) is 75.1 Å². The molecule has 0 spiro atoms. The van der Waals surface area contributed by atoms with Crippen LogP contribution in [0, 0.1) is 23.0 Å². The van der Waals surface area contributed by atoms with Crippen molar-refractivity contribution in [3.05, 3.63) is 112 Å². The van der Waals surface area contributed by atoms with Crippen LogP contribution in [0.3, 0.4) is 0 Å². The molecule has 3 aromatic heterocycles. The zero-order valence-electron chi connectivity index (χ0n) is 30.2. The number of aliphatic hydroxyl groups is 1. The quantitative estimate of drug-likeness (QED) is 0.0667. The number of nitrogens with one attached hydrogen (secondary N) is 1. The molecule has 5 rings (SSSR count). The molecule has 0 radical (unpaired) electrons. The van der Waals surface area contributed by atoms with Gasteiger partial charge in [0.15, 0.2) is 0 Å². The first-order valence-corrected chi connectivity index (χ1v) is 18.6. The highest BCUT2D eigenvalue weighted by molar-refractivity contribution is 7.79. The van der Waals surface area contributed by atoms with Crippen LogP contribution in [0.25, 0.3) is 11.3 Å². The van der Waals surface area contributed by atoms with Crippen molar-refractivity contribution in [3.63, 3.8) is 0 Å². The molecule has 3 N–H and O–H groups in total. The predicted molar refractivity (Wildman–Crippen MR) is 193 cm³/mol. The number of anilines is 1. The summed E-state index contributed by atoms with van der Waals surface area (Å²) in [6.07, 6.45) is 2.65. The van der Waals surface area contributed by atoms with Gasteiger partial charge in [0.05, 0.1) is 28.9 Å². The molecule has 3 atom stereocenters. The van der Waals surface area contributed by atoms with Gasteiger partial charge in [-0.2, -0.15) is 9.83 Å². The lowest BCUT2D eigenvalue weighted by atomic mass is 9.82. The third-order valence-corrected chi connectivity index (χ3v) is 9.20. The number of carbonyl (C=O) groups is 2. The highest BCUT2D eigenvalue weighted by Crippen LogP contribution is 2.41. The first-order chi connectivity index (χ1) is 26.4. The molecule has 296 valence electrons. The van der Waals surface area contributed by atoms with E-state index in [1.54, 1.807) is 62.7 Å². The Morgan fingerprint density at radius 1 is 1.20 bits per heavy atom. The number of esters is 1. The summed E-state index contributed by atoms with van der Waals surface area (Å²) in [4.78, 5) is 35.1. The maximum atomic E-state index is 15.3. The smallest absolute Gasteiger partial charge is 0.418 e. The van der Waals surface area contributed by atoms with Gasteiger partial charge in [0.1, 0.15) is 36.2 Å². The Labute approximate surface area is 324 Å². The lowest BCUT2D eigenvalue weighted by Gasteiger charge is -2.32. The van der Waals surface area contributed by atoms with Gasteiger partial charge in [0.25, 0.3) is 6.33 Å². The summed E-state index contributed by atoms with van der Waals surface area (Å²) in [6, 6.07) is 15.1. The van der Waals surface area contributed by atoms with Gasteiger partial charge in [-0.25, -0.2) is 32.0 Å². The molecule has 0 aliphatic heterocycles. The number of pyridine rings is 1. The summed E-state index contributed by atoms with van der Waals surface area (Å²) in [5.74, 6) is -2.64. The van der Waals surface area contributed by atoms with Crippen LogP contribution in [-0.2, 0) is 43.4 Å². The monoisotopic (exact) mass is 814 g/mol. The number of thiazole rings is 1. The largest absolute Gasteiger partial charge is 0.726 e. The minimum atomic E-state index is -4.92. The van der Waals surface area contributed by atoms with Crippen molar-refractivity contribution in [1.29, 1.82) is 5.26 Å². The first-order valence-electron chi connectivity index (χ1n) is 16.4. The van der Waals surface area contributed by atoms with E-state index in [1.807, 2.05) is 0 Å². The van der Waals surface area contributed by atoms with Crippen molar-refractivity contribution in [2.45, 2.75) is 44.7 Å². The fraction of sp³-hybridized carbons (Fsp3) is 0.286. The van der Waals surface area contributed by atoms with E-state index >= 15 is 4.39 Å². The molecule has 0 unspecified atom stereocenters. The van der Waals surface area contributed by atoms with E-state index in [-0.39, 0.29) is 31.1 Å². The number of rotatable bonds is 13. The molecule has 5 aromatic rings. The molecule has 0 bridgehead atoms. The molecule has 0 fully saturated rings. The van der Waals surface area contributed by atoms with Gasteiger partial charge >= 0.3 is 12.1 Å². The number of likely N-dealkylation sites (N-methyl/N-ethyl adjacent to an activating group) is 1. The van der Waals surface area contributed by atoms with E-state index < -0.39 is 51.8 Å². The zero-order valence-corrected chi connectivity index (χ0v) is 31.9. The SMILES string of the molecule is CNCC(=O)OCc1cccnc1N(C)C(=O)O[C@@H](C)[n+]1cnn(C[C@](O)(c2cc(F)ccc2F)[C@@H](C)c2nc(-c3ccc(C#N)cc3)cs2)c1.O=S(=O)([O-])O. The highest BCUT2D eigenvalue weighted by atomic mass is 32.3. The van der Waals surface area contributed by atoms with Crippen LogP contribution in [0.1, 0.15) is 47.7 Å². The van der Waals surface area contributed by atoms with Gasteiger partial charge in [-0.1, -0.05) is 25.1 Å². The van der Waals surface area contributed by atoms with Crippen molar-refractivity contribution < 1.29 is 55.0 Å². The summed E-state index contributed by atoms with van der Waals surface area (Å²) in [5, 5.41) is 30.6. The molecule has 3 heterocycles. The standard InChI is InChI=1S/C35H35F2N8O5S.H2O4S/c1-22(33-42-30(18-51-33)25-9-7-24(15-38)8-10-25)35(48,28-14-27(36)11-12-29(28)37)19-45-21-44(20-41-45)23(2)50-34(47)43(4)32-26(6-5-13-40-32)17-49-31(46)16-39-3;1-5(2,3)4/h5-14,18,20-23,39,48H,16-17,19H2,1-4H3;(H2,1,2,3,4)/q+1;/p-1/t22-,23-,35+;/m0./s1. The van der Waals surface area contributed by atoms with Gasteiger partial charge in [-0.3, -0.25) is 14.2 Å². The number of hydrogen-bond donors (Lipinski definition) is 3. The normalized spacial score (nSPS) is 13.3. The second-order valence-electron chi connectivity index (χ2n) is 12.1. The Balaban J connectivity index is 0.00000131. The molecule has 0 aliphatic carbocycles. The van der Waals surface area contributed by atoms with E-state index in [2.05, 4.69) is 21.5 Å². The van der Waals surface area contributed by atoms with Crippen molar-refractivity contribution in [3.8, 4) is 17.3 Å². The maximum Gasteiger partial charge on any atom is 0.418 e. The second-order valence-corrected chi connectivity index (χ2v) is 13.8. The zero-order chi connectivity index (χ0) is 41.2. The molecular formula is C35H36F2N8O9S2. The Bertz CT molecular complexity index is 2290. The number of benzene rings is 2. The highest BCUT2D eigenvalue weighted by Gasteiger charge is 2.43. The molecule has 17 nitrogen and oxygen atoms in total. The summed E-state index contributed by atoms with van der Waals surface area (Å²) in [6.45, 7) is 2.85. The van der Waals surface area contributed by atoms with Crippen LogP contribution < -0.4 is 14.8 Å². The first kappa shape index (κ1) is 43.0. The molecular weight excluding hydrogens is 779 g/mol. The molecule has 0 saturated carbocycles. The Hall–Kier alpha value is -5.76. The lowest BCUT2D eigenvalue weighted by Crippen LogP contribution is -2.42. The molecule has 56 heavy (non-hydrogen) atoms. The molecule has 21 heteroatoms. The number of ether oxygens (including phenoxy) is 2. The van der Waals surface area contributed by atoms with Crippen LogP contribution in [0.2, 0.25) is 0 Å². The molecule has 2 aromatic carbocycles. The number of nitrogens with zero attached hydrogens (tertiary/aromatic N) is 7. The lowest BCUT2D eigenvalue weighted by molar-refractivity contribution is -0.753. The fourth-order valence-electron chi connectivity index (χ4n) is 5.25. The summed E-state index contributed by atoms with van der Waals surface area (Å²) in [5.41, 5.74) is 0.000750. The molecule has 0 aliphatic rings. The number of halogens is 2. The average Bonchev–Trinajstić information content (AvgIpc) is 3.84. The Kier molecular flexibility index (Phi) is 14.4. The summed E-state index contributed by atoms with van der Waals surface area (Å²) in [7, 11) is -1.84. The minimum Gasteiger partial charge on any atom is -0.726 e. The predicted octanol–water partition coefficient (Wildman–Crippen LogP) is 3.59. The van der Waals surface area contributed by atoms with E-state index in [4.69, 9.17) is 37.2 Å². The van der Waals surface area contributed by atoms with Crippen molar-refractivity contribution in [2.75, 3.05) is 25.5 Å². The van der Waals surface area contributed by atoms with E-state index in [9.17, 15) is 19.1 Å². The van der Waals surface area contributed by atoms with E-state index in [1.165, 1.54) is 51.4 Å². The second kappa shape index (κ2) is 18.7. The van der Waals surface area contributed by atoms with Gasteiger partial charge in [-0.15, -0.1) is 16.0 Å². The van der Waals surface area contributed by atoms with Gasteiger partial charge < -0.3 is 24.4 Å². The number of amides is 1. The number of nitriles is 1. The van der Waals surface area contributed by atoms with Gasteiger partial charge in [0, 0.05) is 53.3 Å². The van der Waals surface area contributed by atoms with Gasteiger partial charge in [-0.05, 0) is 43.4 Å². The van der Waals surface area contributed by atoms with Crippen LogP contribution >= 0.6 is 11.3 Å². The van der Waals surface area contributed by atoms with Crippen molar-refractivity contribution >= 4 is 39.6 Å². The third-order valence-electron chi connectivity index (χ3n) is 8.18. The molecule has 1 amide bonds. The average molecular weight is 815 g/mol. The fourth-order valence-corrected chi connectivity index (χ4v) is 6.22. The van der Waals surface area contributed by atoms with Crippen molar-refractivity contribution in [1.82, 2.24) is 25.1 Å².